The first-order chi connectivity index (χ1) is 14.5. The van der Waals surface area contributed by atoms with Gasteiger partial charge in [0.15, 0.2) is 23.1 Å². The number of aromatic nitrogens is 4. The first-order valence-electron chi connectivity index (χ1n) is 9.06. The third-order valence-electron chi connectivity index (χ3n) is 4.46. The standard InChI is InChI=1S/C21H21N5O3S/c1-12(2)20-23-14-6-7-30-19(14)21(25-20)24-17-10-26(11-22-17)13-8-15(27-3)18(29-5)16(9-13)28-4/h6-11H,1H2,2-5H3,(H,23,24,25). The Morgan fingerprint density at radius 2 is 1.83 bits per heavy atom. The molecule has 154 valence electrons. The van der Waals surface area contributed by atoms with Gasteiger partial charge in [0.05, 0.1) is 43.4 Å². The molecule has 0 unspecified atom stereocenters. The van der Waals surface area contributed by atoms with Gasteiger partial charge in [-0.05, 0) is 23.9 Å². The minimum absolute atomic E-state index is 0.538. The van der Waals surface area contributed by atoms with E-state index in [9.17, 15) is 0 Å². The zero-order valence-corrected chi connectivity index (χ0v) is 17.9. The average molecular weight is 423 g/mol. The van der Waals surface area contributed by atoms with E-state index >= 15 is 0 Å². The van der Waals surface area contributed by atoms with Crippen LogP contribution in [0.4, 0.5) is 11.6 Å². The van der Waals surface area contributed by atoms with E-state index in [4.69, 9.17) is 14.2 Å². The lowest BCUT2D eigenvalue weighted by Gasteiger charge is -2.14. The quantitative estimate of drug-likeness (QED) is 0.462. The Morgan fingerprint density at radius 1 is 1.10 bits per heavy atom. The van der Waals surface area contributed by atoms with Gasteiger partial charge in [0.2, 0.25) is 5.75 Å². The molecule has 4 aromatic rings. The highest BCUT2D eigenvalue weighted by Crippen LogP contribution is 2.39. The predicted molar refractivity (Wildman–Crippen MR) is 119 cm³/mol. The molecule has 0 aliphatic heterocycles. The van der Waals surface area contributed by atoms with Crippen LogP contribution in [0.15, 0.2) is 42.7 Å². The molecule has 0 radical (unpaired) electrons. The van der Waals surface area contributed by atoms with Gasteiger partial charge in [0.25, 0.3) is 0 Å². The van der Waals surface area contributed by atoms with Crippen molar-refractivity contribution in [1.82, 2.24) is 19.5 Å². The Kier molecular flexibility index (Phi) is 5.28. The highest BCUT2D eigenvalue weighted by Gasteiger charge is 2.15. The summed E-state index contributed by atoms with van der Waals surface area (Å²) in [6.45, 7) is 5.84. The fourth-order valence-electron chi connectivity index (χ4n) is 3.01. The molecule has 0 bridgehead atoms. The highest BCUT2D eigenvalue weighted by atomic mass is 32.1. The van der Waals surface area contributed by atoms with Crippen molar-refractivity contribution >= 4 is 38.8 Å². The number of anilines is 2. The largest absolute Gasteiger partial charge is 0.493 e. The van der Waals surface area contributed by atoms with Crippen molar-refractivity contribution in [2.45, 2.75) is 6.92 Å². The van der Waals surface area contributed by atoms with E-state index in [2.05, 4.69) is 26.8 Å². The zero-order chi connectivity index (χ0) is 21.3. The van der Waals surface area contributed by atoms with Gasteiger partial charge in [-0.1, -0.05) is 6.58 Å². The second-order valence-electron chi connectivity index (χ2n) is 6.49. The minimum Gasteiger partial charge on any atom is -0.493 e. The Labute approximate surface area is 177 Å². The molecule has 1 aromatic carbocycles. The van der Waals surface area contributed by atoms with Crippen LogP contribution in [0.2, 0.25) is 0 Å². The molecule has 0 atom stereocenters. The number of nitrogens with one attached hydrogen (secondary N) is 1. The van der Waals surface area contributed by atoms with E-state index in [1.807, 2.05) is 41.3 Å². The number of allylic oxidation sites excluding steroid dienone is 1. The molecule has 0 aliphatic rings. The molecule has 0 saturated heterocycles. The number of methoxy groups -OCH3 is 3. The summed E-state index contributed by atoms with van der Waals surface area (Å²) in [7, 11) is 4.75. The van der Waals surface area contributed by atoms with Crippen LogP contribution in [0, 0.1) is 0 Å². The summed E-state index contributed by atoms with van der Waals surface area (Å²) in [5.74, 6) is 3.62. The van der Waals surface area contributed by atoms with Gasteiger partial charge in [-0.15, -0.1) is 11.3 Å². The second-order valence-corrected chi connectivity index (χ2v) is 7.40. The monoisotopic (exact) mass is 423 g/mol. The Morgan fingerprint density at radius 3 is 2.47 bits per heavy atom. The number of nitrogens with zero attached hydrogens (tertiary/aromatic N) is 4. The molecule has 8 nitrogen and oxygen atoms in total. The lowest BCUT2D eigenvalue weighted by molar-refractivity contribution is 0.324. The summed E-state index contributed by atoms with van der Waals surface area (Å²) in [5, 5.41) is 5.28. The molecule has 9 heteroatoms. The first kappa shape index (κ1) is 19.7. The average Bonchev–Trinajstić information content (AvgIpc) is 3.42. The summed E-state index contributed by atoms with van der Waals surface area (Å²) in [6.07, 6.45) is 3.57. The number of imidazole rings is 1. The van der Waals surface area contributed by atoms with Crippen LogP contribution in [0.1, 0.15) is 12.7 Å². The van der Waals surface area contributed by atoms with Crippen molar-refractivity contribution in [1.29, 1.82) is 0 Å². The topological polar surface area (TPSA) is 83.3 Å². The van der Waals surface area contributed by atoms with Gasteiger partial charge < -0.3 is 24.1 Å². The van der Waals surface area contributed by atoms with Crippen LogP contribution in [0.25, 0.3) is 21.5 Å². The summed E-state index contributed by atoms with van der Waals surface area (Å²) < 4.78 is 19.1. The molecule has 30 heavy (non-hydrogen) atoms. The van der Waals surface area contributed by atoms with E-state index < -0.39 is 0 Å². The van der Waals surface area contributed by atoms with Crippen molar-refractivity contribution in [3.63, 3.8) is 0 Å². The van der Waals surface area contributed by atoms with Crippen molar-refractivity contribution in [2.24, 2.45) is 0 Å². The number of fused-ring (bicyclic) bond motifs is 1. The first-order valence-corrected chi connectivity index (χ1v) is 9.94. The van der Waals surface area contributed by atoms with Crippen molar-refractivity contribution < 1.29 is 14.2 Å². The lowest BCUT2D eigenvalue weighted by Crippen LogP contribution is -2.00. The molecular weight excluding hydrogens is 402 g/mol. The molecule has 0 spiro atoms. The number of hydrogen-bond donors (Lipinski definition) is 1. The molecule has 3 aromatic heterocycles. The van der Waals surface area contributed by atoms with Crippen LogP contribution in [0.5, 0.6) is 17.2 Å². The number of hydrogen-bond acceptors (Lipinski definition) is 8. The molecule has 3 heterocycles. The number of ether oxygens (including phenoxy) is 3. The molecule has 0 amide bonds. The van der Waals surface area contributed by atoms with Crippen molar-refractivity contribution in [3.8, 4) is 22.9 Å². The molecule has 0 saturated carbocycles. The van der Waals surface area contributed by atoms with Gasteiger partial charge >= 0.3 is 0 Å². The third kappa shape index (κ3) is 3.55. The number of rotatable bonds is 7. The van der Waals surface area contributed by atoms with Gasteiger partial charge in [-0.25, -0.2) is 15.0 Å². The number of benzene rings is 1. The fourth-order valence-corrected chi connectivity index (χ4v) is 3.78. The predicted octanol–water partition coefficient (Wildman–Crippen LogP) is 4.68. The Hall–Kier alpha value is -3.59. The lowest BCUT2D eigenvalue weighted by atomic mass is 10.2. The highest BCUT2D eigenvalue weighted by molar-refractivity contribution is 7.17. The second kappa shape index (κ2) is 8.03. The number of thiophene rings is 1. The Balaban J connectivity index is 1.70. The van der Waals surface area contributed by atoms with E-state index in [0.29, 0.717) is 34.7 Å². The van der Waals surface area contributed by atoms with E-state index in [1.54, 1.807) is 39.0 Å². The van der Waals surface area contributed by atoms with E-state index in [1.165, 1.54) is 0 Å². The van der Waals surface area contributed by atoms with Crippen molar-refractivity contribution in [3.05, 3.63) is 48.5 Å². The molecular formula is C21H21N5O3S. The van der Waals surface area contributed by atoms with Crippen LogP contribution in [0.3, 0.4) is 0 Å². The fraction of sp³-hybridized carbons (Fsp3) is 0.190. The summed E-state index contributed by atoms with van der Waals surface area (Å²) in [5.41, 5.74) is 2.49. The molecule has 0 fully saturated rings. The van der Waals surface area contributed by atoms with E-state index in [0.717, 1.165) is 21.5 Å². The molecule has 1 N–H and O–H groups in total. The van der Waals surface area contributed by atoms with Crippen molar-refractivity contribution in [2.75, 3.05) is 26.6 Å². The summed E-state index contributed by atoms with van der Waals surface area (Å²) in [6, 6.07) is 5.68. The maximum absolute atomic E-state index is 5.44. The Bertz CT molecular complexity index is 1210. The molecule has 4 rings (SSSR count). The summed E-state index contributed by atoms with van der Waals surface area (Å²) >= 11 is 1.57. The zero-order valence-electron chi connectivity index (χ0n) is 17.1. The van der Waals surface area contributed by atoms with Crippen LogP contribution >= 0.6 is 11.3 Å². The minimum atomic E-state index is 0.538. The summed E-state index contributed by atoms with van der Waals surface area (Å²) in [4.78, 5) is 13.6. The van der Waals surface area contributed by atoms with E-state index in [-0.39, 0.29) is 0 Å². The van der Waals surface area contributed by atoms with Crippen LogP contribution < -0.4 is 19.5 Å². The maximum atomic E-state index is 5.44. The van der Waals surface area contributed by atoms with Gasteiger partial charge in [0, 0.05) is 12.1 Å². The maximum Gasteiger partial charge on any atom is 0.203 e. The SMILES string of the molecule is C=C(C)c1nc(Nc2cn(-c3cc(OC)c(OC)c(OC)c3)cn2)c2sccc2n1. The third-order valence-corrected chi connectivity index (χ3v) is 5.37. The molecule has 0 aliphatic carbocycles. The van der Waals surface area contributed by atoms with Gasteiger partial charge in [-0.3, -0.25) is 0 Å². The smallest absolute Gasteiger partial charge is 0.203 e. The van der Waals surface area contributed by atoms with Crippen LogP contribution in [-0.2, 0) is 0 Å². The van der Waals surface area contributed by atoms with Crippen LogP contribution in [-0.4, -0.2) is 40.8 Å². The van der Waals surface area contributed by atoms with Gasteiger partial charge in [0.1, 0.15) is 12.1 Å². The normalized spacial score (nSPS) is 10.8. The van der Waals surface area contributed by atoms with Gasteiger partial charge in [-0.2, -0.15) is 0 Å².